The standard InChI is InChI=1S/C13H20N2O4S/c1-12-4-2-3-5-13(12)20(16,17)14-19-11-8-15-6-9-18-10-7-15/h2-5,14H,6-11H2,1H3. The first kappa shape index (κ1) is 15.4. The van der Waals surface area contributed by atoms with Crippen molar-refractivity contribution in [2.24, 2.45) is 0 Å². The van der Waals surface area contributed by atoms with Crippen LogP contribution in [0.5, 0.6) is 0 Å². The lowest BCUT2D eigenvalue weighted by atomic mass is 10.2. The molecule has 20 heavy (non-hydrogen) atoms. The Balaban J connectivity index is 1.79. The van der Waals surface area contributed by atoms with Crippen LogP contribution >= 0.6 is 0 Å². The van der Waals surface area contributed by atoms with Crippen LogP contribution in [0.2, 0.25) is 0 Å². The summed E-state index contributed by atoms with van der Waals surface area (Å²) >= 11 is 0. The van der Waals surface area contributed by atoms with Gasteiger partial charge in [0, 0.05) is 19.6 Å². The first-order chi connectivity index (χ1) is 9.59. The SMILES string of the molecule is Cc1ccccc1S(=O)(=O)NOCCN1CCOCC1. The first-order valence-electron chi connectivity index (χ1n) is 6.59. The van der Waals surface area contributed by atoms with Crippen molar-refractivity contribution in [3.63, 3.8) is 0 Å². The number of sulfonamides is 1. The summed E-state index contributed by atoms with van der Waals surface area (Å²) < 4.78 is 29.3. The maximum Gasteiger partial charge on any atom is 0.262 e. The van der Waals surface area contributed by atoms with Crippen molar-refractivity contribution in [3.8, 4) is 0 Å². The minimum absolute atomic E-state index is 0.242. The molecule has 2 rings (SSSR count). The van der Waals surface area contributed by atoms with Crippen LogP contribution in [-0.2, 0) is 19.6 Å². The third-order valence-electron chi connectivity index (χ3n) is 3.17. The van der Waals surface area contributed by atoms with E-state index in [-0.39, 0.29) is 4.90 Å². The van der Waals surface area contributed by atoms with E-state index in [9.17, 15) is 8.42 Å². The zero-order valence-electron chi connectivity index (χ0n) is 11.5. The number of hydrogen-bond acceptors (Lipinski definition) is 5. The molecule has 0 atom stereocenters. The van der Waals surface area contributed by atoms with Gasteiger partial charge in [-0.05, 0) is 18.6 Å². The molecule has 0 unspecified atom stereocenters. The van der Waals surface area contributed by atoms with Crippen LogP contribution in [-0.4, -0.2) is 52.8 Å². The van der Waals surface area contributed by atoms with Gasteiger partial charge in [-0.25, -0.2) is 8.42 Å². The molecular weight excluding hydrogens is 280 g/mol. The maximum absolute atomic E-state index is 12.0. The monoisotopic (exact) mass is 300 g/mol. The topological polar surface area (TPSA) is 67.9 Å². The largest absolute Gasteiger partial charge is 0.379 e. The molecule has 0 radical (unpaired) electrons. The summed E-state index contributed by atoms with van der Waals surface area (Å²) in [5.41, 5.74) is 0.691. The summed E-state index contributed by atoms with van der Waals surface area (Å²) in [5, 5.41) is 0. The molecule has 1 saturated heterocycles. The molecule has 1 fully saturated rings. The molecule has 6 nitrogen and oxygen atoms in total. The molecule has 1 aromatic rings. The molecule has 1 aliphatic heterocycles. The van der Waals surface area contributed by atoms with E-state index in [1.165, 1.54) is 0 Å². The number of aryl methyl sites for hydroxylation is 1. The number of nitrogens with zero attached hydrogens (tertiary/aromatic N) is 1. The fourth-order valence-electron chi connectivity index (χ4n) is 2.02. The highest BCUT2D eigenvalue weighted by Gasteiger charge is 2.16. The van der Waals surface area contributed by atoms with Gasteiger partial charge in [0.05, 0.1) is 24.7 Å². The molecular formula is C13H20N2O4S. The van der Waals surface area contributed by atoms with Gasteiger partial charge in [0.2, 0.25) is 0 Å². The zero-order valence-corrected chi connectivity index (χ0v) is 12.4. The van der Waals surface area contributed by atoms with Gasteiger partial charge in [0.15, 0.2) is 0 Å². The van der Waals surface area contributed by atoms with Crippen molar-refractivity contribution in [1.29, 1.82) is 0 Å². The Labute approximate surface area is 119 Å². The highest BCUT2D eigenvalue weighted by molar-refractivity contribution is 7.89. The van der Waals surface area contributed by atoms with Gasteiger partial charge in [0.25, 0.3) is 10.0 Å². The van der Waals surface area contributed by atoms with Gasteiger partial charge in [-0.1, -0.05) is 23.1 Å². The second-order valence-corrected chi connectivity index (χ2v) is 6.27. The minimum atomic E-state index is -3.61. The summed E-state index contributed by atoms with van der Waals surface area (Å²) in [4.78, 5) is 9.67. The van der Waals surface area contributed by atoms with Gasteiger partial charge in [-0.2, -0.15) is 0 Å². The van der Waals surface area contributed by atoms with Crippen LogP contribution in [0.1, 0.15) is 5.56 Å². The number of ether oxygens (including phenoxy) is 1. The maximum atomic E-state index is 12.0. The van der Waals surface area contributed by atoms with Crippen molar-refractivity contribution in [1.82, 2.24) is 9.79 Å². The number of rotatable bonds is 6. The van der Waals surface area contributed by atoms with E-state index in [2.05, 4.69) is 9.79 Å². The van der Waals surface area contributed by atoms with E-state index in [1.54, 1.807) is 31.2 Å². The van der Waals surface area contributed by atoms with Crippen LogP contribution < -0.4 is 4.89 Å². The number of benzene rings is 1. The normalized spacial score (nSPS) is 17.2. The van der Waals surface area contributed by atoms with E-state index < -0.39 is 10.0 Å². The minimum Gasteiger partial charge on any atom is -0.379 e. The Morgan fingerprint density at radius 3 is 2.70 bits per heavy atom. The lowest BCUT2D eigenvalue weighted by Crippen LogP contribution is -2.39. The summed E-state index contributed by atoms with van der Waals surface area (Å²) in [6.07, 6.45) is 0. The molecule has 7 heteroatoms. The summed E-state index contributed by atoms with van der Waals surface area (Å²) in [5.74, 6) is 0. The molecule has 0 amide bonds. The second kappa shape index (κ2) is 7.14. The molecule has 1 aliphatic rings. The van der Waals surface area contributed by atoms with E-state index in [1.807, 2.05) is 0 Å². The fourth-order valence-corrected chi connectivity index (χ4v) is 3.10. The smallest absolute Gasteiger partial charge is 0.262 e. The van der Waals surface area contributed by atoms with Crippen molar-refractivity contribution in [2.75, 3.05) is 39.5 Å². The Morgan fingerprint density at radius 2 is 2.00 bits per heavy atom. The molecule has 0 aromatic heterocycles. The molecule has 0 saturated carbocycles. The van der Waals surface area contributed by atoms with E-state index >= 15 is 0 Å². The van der Waals surface area contributed by atoms with Crippen LogP contribution in [0.25, 0.3) is 0 Å². The van der Waals surface area contributed by atoms with Crippen LogP contribution in [0.15, 0.2) is 29.2 Å². The number of hydrogen-bond donors (Lipinski definition) is 1. The molecule has 0 bridgehead atoms. The van der Waals surface area contributed by atoms with E-state index in [0.717, 1.165) is 26.3 Å². The highest BCUT2D eigenvalue weighted by Crippen LogP contribution is 2.13. The van der Waals surface area contributed by atoms with Crippen LogP contribution in [0, 0.1) is 6.92 Å². The third kappa shape index (κ3) is 4.26. The van der Waals surface area contributed by atoms with Gasteiger partial charge < -0.3 is 4.74 Å². The first-order valence-corrected chi connectivity index (χ1v) is 8.07. The summed E-state index contributed by atoms with van der Waals surface area (Å²) in [6, 6.07) is 6.80. The highest BCUT2D eigenvalue weighted by atomic mass is 32.2. The molecule has 1 N–H and O–H groups in total. The molecule has 1 aromatic carbocycles. The summed E-state index contributed by atoms with van der Waals surface area (Å²) in [7, 11) is -3.61. The van der Waals surface area contributed by atoms with Gasteiger partial charge in [-0.3, -0.25) is 9.74 Å². The van der Waals surface area contributed by atoms with Gasteiger partial charge in [0.1, 0.15) is 0 Å². The number of morpholine rings is 1. The zero-order chi connectivity index (χ0) is 14.4. The van der Waals surface area contributed by atoms with Crippen molar-refractivity contribution < 1.29 is 18.0 Å². The Kier molecular flexibility index (Phi) is 5.50. The predicted octanol–water partition coefficient (Wildman–Crippen LogP) is 0.537. The quantitative estimate of drug-likeness (QED) is 0.613. The average Bonchev–Trinajstić information content (AvgIpc) is 2.45. The predicted molar refractivity (Wildman–Crippen MR) is 74.7 cm³/mol. The second-order valence-electron chi connectivity index (χ2n) is 4.65. The Bertz CT molecular complexity index is 527. The Hall–Kier alpha value is -0.990. The summed E-state index contributed by atoms with van der Waals surface area (Å²) in [6.45, 7) is 5.89. The van der Waals surface area contributed by atoms with Crippen molar-refractivity contribution in [2.45, 2.75) is 11.8 Å². The van der Waals surface area contributed by atoms with Crippen LogP contribution in [0.4, 0.5) is 0 Å². The molecule has 112 valence electrons. The fraction of sp³-hybridized carbons (Fsp3) is 0.538. The molecule has 0 aliphatic carbocycles. The van der Waals surface area contributed by atoms with Crippen molar-refractivity contribution in [3.05, 3.63) is 29.8 Å². The molecule has 0 spiro atoms. The lowest BCUT2D eigenvalue weighted by Gasteiger charge is -2.26. The van der Waals surface area contributed by atoms with Gasteiger partial charge >= 0.3 is 0 Å². The van der Waals surface area contributed by atoms with E-state index in [0.29, 0.717) is 18.7 Å². The third-order valence-corrected chi connectivity index (χ3v) is 4.54. The molecule has 1 heterocycles. The van der Waals surface area contributed by atoms with E-state index in [4.69, 9.17) is 9.57 Å². The van der Waals surface area contributed by atoms with Gasteiger partial charge in [-0.15, -0.1) is 0 Å². The number of nitrogens with one attached hydrogen (secondary N) is 1. The average molecular weight is 300 g/mol. The van der Waals surface area contributed by atoms with Crippen molar-refractivity contribution >= 4 is 10.0 Å². The lowest BCUT2D eigenvalue weighted by molar-refractivity contribution is 0.0125. The Morgan fingerprint density at radius 1 is 1.30 bits per heavy atom. The van der Waals surface area contributed by atoms with Crippen LogP contribution in [0.3, 0.4) is 0 Å².